The summed E-state index contributed by atoms with van der Waals surface area (Å²) >= 11 is 0. The second-order valence-corrected chi connectivity index (χ2v) is 3.25. The number of benzene rings is 1. The van der Waals surface area contributed by atoms with Crippen LogP contribution in [0.25, 0.3) is 11.0 Å². The van der Waals surface area contributed by atoms with Crippen LogP contribution in [0.2, 0.25) is 0 Å². The Kier molecular flexibility index (Phi) is 2.00. The Morgan fingerprint density at radius 2 is 2.14 bits per heavy atom. The largest absolute Gasteiger partial charge is 0.481 e. The number of hydrogen-bond acceptors (Lipinski definition) is 2. The lowest BCUT2D eigenvalue weighted by molar-refractivity contribution is -0.138. The van der Waals surface area contributed by atoms with Crippen molar-refractivity contribution < 1.29 is 14.3 Å². The molecule has 1 unspecified atom stereocenters. The van der Waals surface area contributed by atoms with Crippen molar-refractivity contribution in [3.63, 3.8) is 0 Å². The van der Waals surface area contributed by atoms with Crippen molar-refractivity contribution in [3.8, 4) is 0 Å². The van der Waals surface area contributed by atoms with E-state index in [-0.39, 0.29) is 0 Å². The molecule has 0 bridgehead atoms. The molecule has 1 heterocycles. The van der Waals surface area contributed by atoms with Gasteiger partial charge in [0.2, 0.25) is 0 Å². The second kappa shape index (κ2) is 3.18. The minimum absolute atomic E-state index is 0.499. The summed E-state index contributed by atoms with van der Waals surface area (Å²) in [6.45, 7) is 1.61. The summed E-state index contributed by atoms with van der Waals surface area (Å²) in [6.07, 6.45) is 0. The van der Waals surface area contributed by atoms with Gasteiger partial charge < -0.3 is 9.52 Å². The topological polar surface area (TPSA) is 50.4 Å². The van der Waals surface area contributed by atoms with E-state index in [1.54, 1.807) is 13.0 Å². The fourth-order valence-electron chi connectivity index (χ4n) is 1.34. The monoisotopic (exact) mass is 190 g/mol. The molecule has 3 heteroatoms. The van der Waals surface area contributed by atoms with Crippen molar-refractivity contribution in [2.75, 3.05) is 0 Å². The van der Waals surface area contributed by atoms with Gasteiger partial charge in [0, 0.05) is 5.39 Å². The highest BCUT2D eigenvalue weighted by atomic mass is 16.4. The average molecular weight is 190 g/mol. The van der Waals surface area contributed by atoms with Crippen LogP contribution in [0.5, 0.6) is 0 Å². The maximum Gasteiger partial charge on any atom is 0.313 e. The summed E-state index contributed by atoms with van der Waals surface area (Å²) in [5.74, 6) is -0.967. The molecule has 0 aliphatic carbocycles. The van der Waals surface area contributed by atoms with Gasteiger partial charge in [-0.15, -0.1) is 0 Å². The first-order valence-corrected chi connectivity index (χ1v) is 4.40. The number of rotatable bonds is 2. The Morgan fingerprint density at radius 1 is 1.43 bits per heavy atom. The van der Waals surface area contributed by atoms with Gasteiger partial charge in [0.1, 0.15) is 17.3 Å². The van der Waals surface area contributed by atoms with E-state index < -0.39 is 11.9 Å². The van der Waals surface area contributed by atoms with Gasteiger partial charge in [0.05, 0.1) is 0 Å². The van der Waals surface area contributed by atoms with Crippen LogP contribution in [0, 0.1) is 0 Å². The molecule has 1 atom stereocenters. The van der Waals surface area contributed by atoms with E-state index in [4.69, 9.17) is 9.52 Å². The zero-order chi connectivity index (χ0) is 10.1. The third-order valence-corrected chi connectivity index (χ3v) is 2.24. The Balaban J connectivity index is 2.50. The lowest BCUT2D eigenvalue weighted by Gasteiger charge is -1.99. The highest BCUT2D eigenvalue weighted by Crippen LogP contribution is 2.24. The zero-order valence-corrected chi connectivity index (χ0v) is 7.73. The molecule has 0 fully saturated rings. The summed E-state index contributed by atoms with van der Waals surface area (Å²) < 4.78 is 5.41. The van der Waals surface area contributed by atoms with Gasteiger partial charge in [0.25, 0.3) is 0 Å². The number of carbonyl (C=O) groups is 1. The normalized spacial score (nSPS) is 12.9. The first-order valence-electron chi connectivity index (χ1n) is 4.40. The number of carboxylic acids is 1. The molecule has 0 saturated heterocycles. The Morgan fingerprint density at radius 3 is 2.79 bits per heavy atom. The highest BCUT2D eigenvalue weighted by Gasteiger charge is 2.17. The zero-order valence-electron chi connectivity index (χ0n) is 7.73. The molecule has 2 aromatic rings. The maximum atomic E-state index is 10.7. The van der Waals surface area contributed by atoms with Crippen LogP contribution in [0.15, 0.2) is 34.7 Å². The summed E-state index contributed by atoms with van der Waals surface area (Å²) in [5, 5.41) is 9.74. The van der Waals surface area contributed by atoms with Gasteiger partial charge in [-0.25, -0.2) is 0 Å². The minimum atomic E-state index is -0.871. The van der Waals surface area contributed by atoms with Gasteiger partial charge in [-0.2, -0.15) is 0 Å². The molecule has 2 rings (SSSR count). The van der Waals surface area contributed by atoms with Crippen molar-refractivity contribution in [3.05, 3.63) is 36.1 Å². The predicted molar refractivity (Wildman–Crippen MR) is 52.3 cm³/mol. The predicted octanol–water partition coefficient (Wildman–Crippen LogP) is 2.62. The molecule has 0 aliphatic heterocycles. The molecule has 1 aromatic carbocycles. The third-order valence-electron chi connectivity index (χ3n) is 2.24. The number of hydrogen-bond donors (Lipinski definition) is 1. The lowest BCUT2D eigenvalue weighted by Crippen LogP contribution is -2.05. The number of carboxylic acid groups (broad SMARTS) is 1. The fraction of sp³-hybridized carbons (Fsp3) is 0.182. The van der Waals surface area contributed by atoms with Crippen molar-refractivity contribution in [2.24, 2.45) is 0 Å². The van der Waals surface area contributed by atoms with Crippen LogP contribution in [0.4, 0.5) is 0 Å². The molecule has 0 saturated carbocycles. The Bertz CT molecular complexity index is 437. The van der Waals surface area contributed by atoms with Gasteiger partial charge in [-0.05, 0) is 19.1 Å². The molecule has 14 heavy (non-hydrogen) atoms. The number of fused-ring (bicyclic) bond motifs is 1. The van der Waals surface area contributed by atoms with Crippen LogP contribution in [-0.4, -0.2) is 11.1 Å². The van der Waals surface area contributed by atoms with E-state index in [1.165, 1.54) is 0 Å². The van der Waals surface area contributed by atoms with Crippen LogP contribution >= 0.6 is 0 Å². The summed E-state index contributed by atoms with van der Waals surface area (Å²) in [7, 11) is 0. The third kappa shape index (κ3) is 1.37. The number of aliphatic carboxylic acids is 1. The smallest absolute Gasteiger partial charge is 0.313 e. The standard InChI is InChI=1S/C11H10O3/c1-7(11(12)13)10-6-8-4-2-3-5-9(8)14-10/h2-7H,1H3,(H,12,13). The second-order valence-electron chi connectivity index (χ2n) is 3.25. The molecule has 0 radical (unpaired) electrons. The van der Waals surface area contributed by atoms with Gasteiger partial charge in [0.15, 0.2) is 0 Å². The summed E-state index contributed by atoms with van der Waals surface area (Å²) in [6, 6.07) is 9.26. The summed E-state index contributed by atoms with van der Waals surface area (Å²) in [4.78, 5) is 10.7. The van der Waals surface area contributed by atoms with E-state index in [2.05, 4.69) is 0 Å². The maximum absolute atomic E-state index is 10.7. The first-order chi connectivity index (χ1) is 6.68. The molecule has 3 nitrogen and oxygen atoms in total. The number of furan rings is 1. The minimum Gasteiger partial charge on any atom is -0.481 e. The molecule has 1 aromatic heterocycles. The van der Waals surface area contributed by atoms with Crippen molar-refractivity contribution >= 4 is 16.9 Å². The van der Waals surface area contributed by atoms with Crippen LogP contribution < -0.4 is 0 Å². The molecule has 0 spiro atoms. The van der Waals surface area contributed by atoms with Crippen molar-refractivity contribution in [1.82, 2.24) is 0 Å². The van der Waals surface area contributed by atoms with E-state index in [9.17, 15) is 4.79 Å². The summed E-state index contributed by atoms with van der Waals surface area (Å²) in [5.41, 5.74) is 0.732. The molecule has 1 N–H and O–H groups in total. The van der Waals surface area contributed by atoms with Gasteiger partial charge in [-0.1, -0.05) is 18.2 Å². The first kappa shape index (κ1) is 8.81. The molecule has 0 aliphatic rings. The molecule has 72 valence electrons. The van der Waals surface area contributed by atoms with Crippen LogP contribution in [-0.2, 0) is 4.79 Å². The van der Waals surface area contributed by atoms with Crippen LogP contribution in [0.3, 0.4) is 0 Å². The van der Waals surface area contributed by atoms with Crippen molar-refractivity contribution in [2.45, 2.75) is 12.8 Å². The lowest BCUT2D eigenvalue weighted by atomic mass is 10.1. The van der Waals surface area contributed by atoms with E-state index in [0.29, 0.717) is 5.76 Å². The Labute approximate surface area is 81.0 Å². The van der Waals surface area contributed by atoms with E-state index in [0.717, 1.165) is 11.0 Å². The van der Waals surface area contributed by atoms with E-state index >= 15 is 0 Å². The highest BCUT2D eigenvalue weighted by molar-refractivity contribution is 5.81. The fourth-order valence-corrected chi connectivity index (χ4v) is 1.34. The Hall–Kier alpha value is -1.77. The SMILES string of the molecule is CC(C(=O)O)c1cc2ccccc2o1. The molecular formula is C11H10O3. The van der Waals surface area contributed by atoms with Gasteiger partial charge in [-0.3, -0.25) is 4.79 Å². The molecular weight excluding hydrogens is 180 g/mol. The number of para-hydroxylation sites is 1. The van der Waals surface area contributed by atoms with Crippen molar-refractivity contribution in [1.29, 1.82) is 0 Å². The van der Waals surface area contributed by atoms with Crippen LogP contribution in [0.1, 0.15) is 18.6 Å². The van der Waals surface area contributed by atoms with E-state index in [1.807, 2.05) is 24.3 Å². The molecule has 0 amide bonds. The van der Waals surface area contributed by atoms with Gasteiger partial charge >= 0.3 is 5.97 Å². The quantitative estimate of drug-likeness (QED) is 0.791. The average Bonchev–Trinajstić information content (AvgIpc) is 2.59.